The first-order chi connectivity index (χ1) is 17.2. The van der Waals surface area contributed by atoms with Crippen LogP contribution in [0.2, 0.25) is 0 Å². The minimum Gasteiger partial charge on any atom is -0.494 e. The van der Waals surface area contributed by atoms with Gasteiger partial charge < -0.3 is 14.2 Å². The van der Waals surface area contributed by atoms with Crippen LogP contribution in [0.1, 0.15) is 42.1 Å². The minimum absolute atomic E-state index is 0.136. The van der Waals surface area contributed by atoms with Gasteiger partial charge in [0.25, 0.3) is 5.91 Å². The van der Waals surface area contributed by atoms with E-state index in [1.54, 1.807) is 29.4 Å². The predicted octanol–water partition coefficient (Wildman–Crippen LogP) is 5.88. The van der Waals surface area contributed by atoms with E-state index in [4.69, 9.17) is 19.2 Å². The maximum atomic E-state index is 13.7. The van der Waals surface area contributed by atoms with Gasteiger partial charge in [-0.1, -0.05) is 37.2 Å². The second-order valence-corrected chi connectivity index (χ2v) is 9.30. The fraction of sp³-hybridized carbons (Fsp3) is 0.296. The molecule has 0 N–H and O–H groups in total. The fourth-order valence-electron chi connectivity index (χ4n) is 3.86. The van der Waals surface area contributed by atoms with Crippen LogP contribution in [0, 0.1) is 0 Å². The first-order valence-corrected chi connectivity index (χ1v) is 12.7. The lowest BCUT2D eigenvalue weighted by Gasteiger charge is -2.20. The Balaban J connectivity index is 1.43. The number of anilines is 1. The fourth-order valence-corrected chi connectivity index (χ4v) is 4.83. The van der Waals surface area contributed by atoms with Crippen LogP contribution in [-0.2, 0) is 6.54 Å². The summed E-state index contributed by atoms with van der Waals surface area (Å²) in [6.45, 7) is 4.23. The van der Waals surface area contributed by atoms with E-state index >= 15 is 0 Å². The van der Waals surface area contributed by atoms with E-state index in [0.717, 1.165) is 40.8 Å². The van der Waals surface area contributed by atoms with Gasteiger partial charge in [0.1, 0.15) is 19.0 Å². The van der Waals surface area contributed by atoms with Gasteiger partial charge in [0.05, 0.1) is 23.4 Å². The van der Waals surface area contributed by atoms with Gasteiger partial charge in [-0.2, -0.15) is 0 Å². The van der Waals surface area contributed by atoms with Crippen molar-refractivity contribution in [3.63, 3.8) is 0 Å². The van der Waals surface area contributed by atoms with Gasteiger partial charge in [0, 0.05) is 30.1 Å². The number of carbonyl (C=O) groups excluding carboxylic acids is 1. The van der Waals surface area contributed by atoms with Crippen molar-refractivity contribution in [1.82, 2.24) is 9.97 Å². The average molecular weight is 490 g/mol. The highest BCUT2D eigenvalue weighted by atomic mass is 32.1. The summed E-state index contributed by atoms with van der Waals surface area (Å²) in [6, 6.07) is 14.9. The van der Waals surface area contributed by atoms with Crippen molar-refractivity contribution in [3.05, 3.63) is 72.1 Å². The Kier molecular flexibility index (Phi) is 7.09. The van der Waals surface area contributed by atoms with E-state index in [2.05, 4.69) is 11.9 Å². The van der Waals surface area contributed by atoms with Gasteiger partial charge in [0.2, 0.25) is 0 Å². The highest BCUT2D eigenvalue weighted by molar-refractivity contribution is 7.22. The number of benzene rings is 2. The molecule has 0 saturated heterocycles. The molecule has 0 atom stereocenters. The molecule has 0 unspecified atom stereocenters. The van der Waals surface area contributed by atoms with Crippen molar-refractivity contribution in [3.8, 4) is 17.2 Å². The number of nitrogens with zero attached hydrogens (tertiary/aromatic N) is 3. The molecule has 2 aromatic carbocycles. The Hall–Kier alpha value is -3.65. The molecule has 1 amide bonds. The molecule has 0 spiro atoms. The van der Waals surface area contributed by atoms with Crippen LogP contribution in [0.15, 0.2) is 60.9 Å². The summed E-state index contributed by atoms with van der Waals surface area (Å²) < 4.78 is 18.2. The number of hydrogen-bond donors (Lipinski definition) is 0. The van der Waals surface area contributed by atoms with E-state index in [0.29, 0.717) is 48.6 Å². The van der Waals surface area contributed by atoms with E-state index < -0.39 is 0 Å². The van der Waals surface area contributed by atoms with Crippen LogP contribution < -0.4 is 19.1 Å². The molecule has 180 valence electrons. The van der Waals surface area contributed by atoms with E-state index in [-0.39, 0.29) is 5.91 Å². The number of aromatic nitrogens is 2. The number of carbonyl (C=O) groups is 1. The van der Waals surface area contributed by atoms with E-state index in [9.17, 15) is 4.79 Å². The number of thiazole rings is 1. The van der Waals surface area contributed by atoms with Gasteiger partial charge in [0.15, 0.2) is 16.6 Å². The molecule has 7 nitrogen and oxygen atoms in total. The Morgan fingerprint density at radius 1 is 1.09 bits per heavy atom. The third kappa shape index (κ3) is 5.38. The molecule has 0 aliphatic carbocycles. The zero-order valence-electron chi connectivity index (χ0n) is 19.6. The second kappa shape index (κ2) is 10.7. The molecule has 0 bridgehead atoms. The number of fused-ring (bicyclic) bond motifs is 2. The molecule has 5 rings (SSSR count). The molecule has 2 aromatic heterocycles. The molecular formula is C27H27N3O4S. The molecule has 0 fully saturated rings. The second-order valence-electron chi connectivity index (χ2n) is 8.29. The topological polar surface area (TPSA) is 73.8 Å². The summed E-state index contributed by atoms with van der Waals surface area (Å²) in [5, 5.41) is 0.607. The van der Waals surface area contributed by atoms with E-state index in [1.165, 1.54) is 11.3 Å². The summed E-state index contributed by atoms with van der Waals surface area (Å²) in [4.78, 5) is 24.4. The third-order valence-electron chi connectivity index (χ3n) is 5.70. The average Bonchev–Trinajstić information content (AvgIpc) is 3.31. The molecular weight excluding hydrogens is 462 g/mol. The number of pyridine rings is 1. The van der Waals surface area contributed by atoms with Crippen LogP contribution in [0.25, 0.3) is 10.2 Å². The quantitative estimate of drug-likeness (QED) is 0.274. The molecule has 35 heavy (non-hydrogen) atoms. The molecule has 3 heterocycles. The van der Waals surface area contributed by atoms with Gasteiger partial charge in [-0.25, -0.2) is 4.98 Å². The monoisotopic (exact) mass is 489 g/mol. The van der Waals surface area contributed by atoms with Crippen LogP contribution in [0.3, 0.4) is 0 Å². The Morgan fingerprint density at radius 3 is 2.63 bits per heavy atom. The van der Waals surface area contributed by atoms with Crippen LogP contribution in [-0.4, -0.2) is 35.7 Å². The largest absolute Gasteiger partial charge is 0.494 e. The highest BCUT2D eigenvalue weighted by Crippen LogP contribution is 2.39. The summed E-state index contributed by atoms with van der Waals surface area (Å²) in [5.41, 5.74) is 2.26. The molecule has 0 saturated carbocycles. The van der Waals surface area contributed by atoms with Gasteiger partial charge >= 0.3 is 0 Å². The summed E-state index contributed by atoms with van der Waals surface area (Å²) in [6.07, 6.45) is 6.80. The third-order valence-corrected chi connectivity index (χ3v) is 6.74. The molecule has 1 aliphatic rings. The van der Waals surface area contributed by atoms with Gasteiger partial charge in [-0.05, 0) is 42.3 Å². The molecule has 1 aliphatic heterocycles. The number of ether oxygens (including phenoxy) is 3. The highest BCUT2D eigenvalue weighted by Gasteiger charge is 2.23. The molecule has 8 heteroatoms. The van der Waals surface area contributed by atoms with Crippen LogP contribution in [0.4, 0.5) is 5.13 Å². The zero-order valence-corrected chi connectivity index (χ0v) is 20.4. The Labute approximate surface area is 208 Å². The number of unbranched alkanes of at least 4 members (excludes halogenated alkanes) is 2. The maximum Gasteiger partial charge on any atom is 0.260 e. The first-order valence-electron chi connectivity index (χ1n) is 11.8. The minimum atomic E-state index is -0.136. The van der Waals surface area contributed by atoms with Crippen LogP contribution in [0.5, 0.6) is 17.2 Å². The normalized spacial score (nSPS) is 12.5. The van der Waals surface area contributed by atoms with Crippen molar-refractivity contribution >= 4 is 32.6 Å². The Bertz CT molecular complexity index is 1250. The predicted molar refractivity (Wildman–Crippen MR) is 137 cm³/mol. The zero-order chi connectivity index (χ0) is 24.0. The number of hydrogen-bond acceptors (Lipinski definition) is 7. The van der Waals surface area contributed by atoms with Crippen LogP contribution >= 0.6 is 11.3 Å². The van der Waals surface area contributed by atoms with Crippen molar-refractivity contribution in [2.45, 2.75) is 32.7 Å². The number of amides is 1. The van der Waals surface area contributed by atoms with Gasteiger partial charge in [-0.3, -0.25) is 14.7 Å². The molecule has 4 aromatic rings. The molecule has 0 radical (unpaired) electrons. The maximum absolute atomic E-state index is 13.7. The lowest BCUT2D eigenvalue weighted by molar-refractivity contribution is 0.0985. The standard InChI is InChI=1S/C27H27N3O4S/c1-2-3-4-12-32-21-9-7-20(8-10-21)26(31)30(18-19-6-5-11-28-17-19)27-29-22-15-23-24(16-25(22)35-27)34-14-13-33-23/h5-11,15-17H,2-4,12-14,18H2,1H3. The Morgan fingerprint density at radius 2 is 1.89 bits per heavy atom. The van der Waals surface area contributed by atoms with E-state index in [1.807, 2.05) is 36.4 Å². The first kappa shape index (κ1) is 23.1. The van der Waals surface area contributed by atoms with Crippen molar-refractivity contribution in [2.75, 3.05) is 24.7 Å². The lowest BCUT2D eigenvalue weighted by Crippen LogP contribution is -2.30. The summed E-state index contributed by atoms with van der Waals surface area (Å²) in [7, 11) is 0. The SMILES string of the molecule is CCCCCOc1ccc(C(=O)N(Cc2cccnc2)c2nc3cc4c(cc3s2)OCCO4)cc1. The smallest absolute Gasteiger partial charge is 0.260 e. The lowest BCUT2D eigenvalue weighted by atomic mass is 10.1. The number of rotatable bonds is 9. The van der Waals surface area contributed by atoms with Crippen molar-refractivity contribution in [1.29, 1.82) is 0 Å². The summed E-state index contributed by atoms with van der Waals surface area (Å²) in [5.74, 6) is 2.02. The van der Waals surface area contributed by atoms with Crippen molar-refractivity contribution < 1.29 is 19.0 Å². The van der Waals surface area contributed by atoms with Crippen molar-refractivity contribution in [2.24, 2.45) is 0 Å². The summed E-state index contributed by atoms with van der Waals surface area (Å²) >= 11 is 1.45. The van der Waals surface area contributed by atoms with Gasteiger partial charge in [-0.15, -0.1) is 0 Å².